The quantitative estimate of drug-likeness (QED) is 0.552. The lowest BCUT2D eigenvalue weighted by Crippen LogP contribution is -2.08. The Labute approximate surface area is 165 Å². The molecule has 0 bridgehead atoms. The van der Waals surface area contributed by atoms with E-state index in [1.807, 2.05) is 6.07 Å². The number of benzene rings is 1. The molecule has 0 atom stereocenters. The summed E-state index contributed by atoms with van der Waals surface area (Å²) < 4.78 is 25.2. The molecule has 10 nitrogen and oxygen atoms in total. The van der Waals surface area contributed by atoms with Crippen molar-refractivity contribution in [1.29, 1.82) is 5.26 Å². The van der Waals surface area contributed by atoms with Gasteiger partial charge in [0, 0.05) is 24.1 Å². The predicted octanol–water partition coefficient (Wildman–Crippen LogP) is 2.02. The summed E-state index contributed by atoms with van der Waals surface area (Å²) in [5.41, 5.74) is 1.47. The number of nitrogens with zero attached hydrogens (tertiary/aromatic N) is 4. The maximum atomic E-state index is 11.9. The molecule has 2 aromatic heterocycles. The van der Waals surface area contributed by atoms with Crippen molar-refractivity contribution in [1.82, 2.24) is 14.6 Å². The number of fused-ring (bicyclic) bond motifs is 1. The molecule has 1 aromatic carbocycles. The molecule has 0 amide bonds. The van der Waals surface area contributed by atoms with Crippen molar-refractivity contribution in [3.63, 3.8) is 0 Å². The number of carbonyl (C=O) groups is 1. The summed E-state index contributed by atoms with van der Waals surface area (Å²) in [5, 5.41) is 29.2. The zero-order valence-corrected chi connectivity index (χ0v) is 16.1. The first kappa shape index (κ1) is 18.7. The van der Waals surface area contributed by atoms with Gasteiger partial charge in [0.05, 0.1) is 22.3 Å². The molecule has 1 aliphatic carbocycles. The minimum Gasteiger partial charge on any atom is -0.478 e. The Hall–Kier alpha value is -3.65. The van der Waals surface area contributed by atoms with E-state index in [4.69, 9.17) is 0 Å². The van der Waals surface area contributed by atoms with Crippen molar-refractivity contribution in [2.45, 2.75) is 23.8 Å². The highest BCUT2D eigenvalue weighted by molar-refractivity contribution is 7.90. The van der Waals surface area contributed by atoms with Crippen LogP contribution in [0.5, 0.6) is 0 Å². The van der Waals surface area contributed by atoms with Crippen LogP contribution in [0.15, 0.2) is 35.4 Å². The van der Waals surface area contributed by atoms with Gasteiger partial charge >= 0.3 is 5.97 Å². The van der Waals surface area contributed by atoms with Gasteiger partial charge in [-0.25, -0.2) is 18.2 Å². The first-order chi connectivity index (χ1) is 13.7. The SMILES string of the molecule is CS(=O)(=O)c1cc(Nc2cc(NC3CC3)c3ncc(C#N)n3n2)cc(C(=O)O)c1. The van der Waals surface area contributed by atoms with Gasteiger partial charge in [0.2, 0.25) is 0 Å². The van der Waals surface area contributed by atoms with Gasteiger partial charge in [0.25, 0.3) is 0 Å². The van der Waals surface area contributed by atoms with Crippen molar-refractivity contribution < 1.29 is 18.3 Å². The number of hydrogen-bond donors (Lipinski definition) is 3. The van der Waals surface area contributed by atoms with Crippen molar-refractivity contribution >= 4 is 38.6 Å². The number of nitriles is 1. The van der Waals surface area contributed by atoms with Crippen LogP contribution in [0.4, 0.5) is 17.2 Å². The molecule has 3 N–H and O–H groups in total. The lowest BCUT2D eigenvalue weighted by molar-refractivity contribution is 0.0696. The van der Waals surface area contributed by atoms with E-state index < -0.39 is 15.8 Å². The number of anilines is 3. The van der Waals surface area contributed by atoms with E-state index in [1.54, 1.807) is 6.07 Å². The van der Waals surface area contributed by atoms with Crippen LogP contribution in [0.25, 0.3) is 5.65 Å². The molecule has 0 unspecified atom stereocenters. The summed E-state index contributed by atoms with van der Waals surface area (Å²) >= 11 is 0. The van der Waals surface area contributed by atoms with Gasteiger partial charge in [0.15, 0.2) is 27.0 Å². The van der Waals surface area contributed by atoms with Crippen LogP contribution in [0.1, 0.15) is 28.9 Å². The van der Waals surface area contributed by atoms with Crippen LogP contribution < -0.4 is 10.6 Å². The summed E-state index contributed by atoms with van der Waals surface area (Å²) in [6.45, 7) is 0. The number of hydrogen-bond acceptors (Lipinski definition) is 8. The normalized spacial score (nSPS) is 13.8. The predicted molar refractivity (Wildman–Crippen MR) is 104 cm³/mol. The monoisotopic (exact) mass is 412 g/mol. The number of carboxylic acid groups (broad SMARTS) is 1. The van der Waals surface area contributed by atoms with Crippen molar-refractivity contribution in [3.8, 4) is 6.07 Å². The molecule has 3 aromatic rings. The molecule has 1 fully saturated rings. The van der Waals surface area contributed by atoms with E-state index in [1.165, 1.54) is 22.8 Å². The Morgan fingerprint density at radius 2 is 2.07 bits per heavy atom. The summed E-state index contributed by atoms with van der Waals surface area (Å²) in [5.74, 6) is -0.948. The van der Waals surface area contributed by atoms with Crippen LogP contribution in [0.3, 0.4) is 0 Å². The Bertz CT molecular complexity index is 1290. The number of sulfone groups is 1. The molecule has 1 aliphatic rings. The van der Waals surface area contributed by atoms with E-state index in [0.717, 1.165) is 25.2 Å². The Morgan fingerprint density at radius 3 is 2.69 bits per heavy atom. The molecule has 0 radical (unpaired) electrons. The topological polar surface area (TPSA) is 149 Å². The van der Waals surface area contributed by atoms with Crippen molar-refractivity contribution in [2.24, 2.45) is 0 Å². The van der Waals surface area contributed by atoms with Crippen LogP contribution in [0.2, 0.25) is 0 Å². The lowest BCUT2D eigenvalue weighted by Gasteiger charge is -2.12. The van der Waals surface area contributed by atoms with Crippen LogP contribution >= 0.6 is 0 Å². The van der Waals surface area contributed by atoms with E-state index in [-0.39, 0.29) is 21.8 Å². The van der Waals surface area contributed by atoms with Crippen molar-refractivity contribution in [2.75, 3.05) is 16.9 Å². The number of nitrogens with one attached hydrogen (secondary N) is 2. The van der Waals surface area contributed by atoms with Gasteiger partial charge < -0.3 is 15.7 Å². The molecule has 0 saturated heterocycles. The molecular formula is C18H16N6O4S. The largest absolute Gasteiger partial charge is 0.478 e. The minimum absolute atomic E-state index is 0.127. The highest BCUT2D eigenvalue weighted by Crippen LogP contribution is 2.30. The zero-order chi connectivity index (χ0) is 20.8. The number of aromatic nitrogens is 3. The van der Waals surface area contributed by atoms with E-state index in [9.17, 15) is 23.6 Å². The number of carboxylic acids is 1. The van der Waals surface area contributed by atoms with Crippen LogP contribution in [-0.2, 0) is 9.84 Å². The third-order valence-electron chi connectivity index (χ3n) is 4.37. The lowest BCUT2D eigenvalue weighted by atomic mass is 10.2. The van der Waals surface area contributed by atoms with Gasteiger partial charge in [-0.05, 0) is 31.0 Å². The van der Waals surface area contributed by atoms with Crippen LogP contribution in [-0.4, -0.2) is 46.4 Å². The molecule has 148 valence electrons. The third kappa shape index (κ3) is 3.83. The fraction of sp³-hybridized carbons (Fsp3) is 0.222. The average Bonchev–Trinajstić information content (AvgIpc) is 3.37. The zero-order valence-electron chi connectivity index (χ0n) is 15.2. The Morgan fingerprint density at radius 1 is 1.31 bits per heavy atom. The fourth-order valence-corrected chi connectivity index (χ4v) is 3.50. The van der Waals surface area contributed by atoms with Gasteiger partial charge in [-0.2, -0.15) is 9.78 Å². The second-order valence-electron chi connectivity index (χ2n) is 6.80. The Balaban J connectivity index is 1.80. The number of aromatic carboxylic acids is 1. The van der Waals surface area contributed by atoms with Gasteiger partial charge in [-0.3, -0.25) is 0 Å². The molecule has 0 aliphatic heterocycles. The second kappa shape index (κ2) is 6.75. The first-order valence-corrected chi connectivity index (χ1v) is 10.5. The molecule has 4 rings (SSSR count). The van der Waals surface area contributed by atoms with E-state index in [2.05, 4.69) is 20.7 Å². The van der Waals surface area contributed by atoms with Crippen molar-refractivity contribution in [3.05, 3.63) is 41.7 Å². The highest BCUT2D eigenvalue weighted by Gasteiger charge is 2.23. The van der Waals surface area contributed by atoms with Gasteiger partial charge in [0.1, 0.15) is 6.07 Å². The summed E-state index contributed by atoms with van der Waals surface area (Å²) in [7, 11) is -3.62. The van der Waals surface area contributed by atoms with E-state index in [0.29, 0.717) is 23.2 Å². The molecule has 0 spiro atoms. The summed E-state index contributed by atoms with van der Waals surface area (Å²) in [4.78, 5) is 15.5. The maximum Gasteiger partial charge on any atom is 0.335 e. The minimum atomic E-state index is -3.62. The smallest absolute Gasteiger partial charge is 0.335 e. The van der Waals surface area contributed by atoms with Gasteiger partial charge in [-0.1, -0.05) is 0 Å². The van der Waals surface area contributed by atoms with Crippen LogP contribution in [0, 0.1) is 11.3 Å². The standard InChI is InChI=1S/C18H16N6O4S/c1-29(27,28)14-5-10(18(25)26)4-12(6-14)22-16-7-15(21-11-2-3-11)17-20-9-13(8-19)24(17)23-16/h4-7,9,11,21H,2-3H2,1H3,(H,22,23)(H,25,26). The third-order valence-corrected chi connectivity index (χ3v) is 5.47. The molecule has 29 heavy (non-hydrogen) atoms. The fourth-order valence-electron chi connectivity index (χ4n) is 2.82. The number of imidazole rings is 1. The Kier molecular flexibility index (Phi) is 4.35. The molecule has 2 heterocycles. The average molecular weight is 412 g/mol. The number of rotatable bonds is 6. The molecule has 11 heteroatoms. The highest BCUT2D eigenvalue weighted by atomic mass is 32.2. The molecular weight excluding hydrogens is 396 g/mol. The summed E-state index contributed by atoms with van der Waals surface area (Å²) in [6.07, 6.45) is 4.48. The molecule has 1 saturated carbocycles. The van der Waals surface area contributed by atoms with Gasteiger partial charge in [-0.15, -0.1) is 5.10 Å². The maximum absolute atomic E-state index is 11.9. The van der Waals surface area contributed by atoms with E-state index >= 15 is 0 Å². The second-order valence-corrected chi connectivity index (χ2v) is 8.82. The first-order valence-electron chi connectivity index (χ1n) is 8.65. The summed E-state index contributed by atoms with van der Waals surface area (Å²) in [6, 6.07) is 7.78.